The van der Waals surface area contributed by atoms with Crippen LogP contribution in [0.25, 0.3) is 0 Å². The molecule has 70 valence electrons. The van der Waals surface area contributed by atoms with Crippen LogP contribution in [0.3, 0.4) is 0 Å². The van der Waals surface area contributed by atoms with Gasteiger partial charge in [0.15, 0.2) is 0 Å². The Morgan fingerprint density at radius 3 is 2.33 bits per heavy atom. The molecule has 1 amide bonds. The van der Waals surface area contributed by atoms with Gasteiger partial charge in [0.2, 0.25) is 5.91 Å². The van der Waals surface area contributed by atoms with Crippen molar-refractivity contribution in [3.63, 3.8) is 0 Å². The van der Waals surface area contributed by atoms with Gasteiger partial charge in [-0.15, -0.1) is 0 Å². The number of hydrogen-bond acceptors (Lipinski definition) is 4. The molecule has 0 radical (unpaired) electrons. The highest BCUT2D eigenvalue weighted by atomic mass is 16.3. The predicted octanol–water partition coefficient (Wildman–Crippen LogP) is -2.10. The second kappa shape index (κ2) is 3.38. The molecule has 12 heavy (non-hydrogen) atoms. The molecule has 5 nitrogen and oxygen atoms in total. The first-order valence-corrected chi connectivity index (χ1v) is 4.01. The fourth-order valence-electron chi connectivity index (χ4n) is 1.57. The van der Waals surface area contributed by atoms with Crippen LogP contribution < -0.4 is 17.2 Å². The summed E-state index contributed by atoms with van der Waals surface area (Å²) in [6.07, 6.45) is 0.0919. The zero-order valence-electron chi connectivity index (χ0n) is 6.81. The molecule has 5 heteroatoms. The predicted molar refractivity (Wildman–Crippen MR) is 43.9 cm³/mol. The third kappa shape index (κ3) is 1.74. The summed E-state index contributed by atoms with van der Waals surface area (Å²) < 4.78 is 0. The van der Waals surface area contributed by atoms with Crippen LogP contribution in [0.5, 0.6) is 0 Å². The van der Waals surface area contributed by atoms with Crippen molar-refractivity contribution < 1.29 is 9.90 Å². The number of carbonyl (C=O) groups excluding carboxylic acids is 1. The summed E-state index contributed by atoms with van der Waals surface area (Å²) in [6.45, 7) is 0. The summed E-state index contributed by atoms with van der Waals surface area (Å²) in [5.41, 5.74) is 16.3. The highest BCUT2D eigenvalue weighted by molar-refractivity contribution is 5.77. The molecule has 0 saturated heterocycles. The van der Waals surface area contributed by atoms with Gasteiger partial charge < -0.3 is 22.3 Å². The highest BCUT2D eigenvalue weighted by Crippen LogP contribution is 2.22. The molecular weight excluding hydrogens is 158 g/mol. The summed E-state index contributed by atoms with van der Waals surface area (Å²) in [5.74, 6) is -0.881. The number of aliphatic hydroxyl groups is 1. The van der Waals surface area contributed by atoms with Crippen LogP contribution in [0.4, 0.5) is 0 Å². The zero-order valence-corrected chi connectivity index (χ0v) is 6.81. The molecule has 0 aromatic heterocycles. The van der Waals surface area contributed by atoms with Crippen molar-refractivity contribution in [2.75, 3.05) is 0 Å². The van der Waals surface area contributed by atoms with Crippen molar-refractivity contribution in [2.45, 2.75) is 31.0 Å². The molecule has 0 aliphatic heterocycles. The fourth-order valence-corrected chi connectivity index (χ4v) is 1.57. The quantitative estimate of drug-likeness (QED) is 0.363. The number of hydrogen-bond donors (Lipinski definition) is 4. The van der Waals surface area contributed by atoms with Crippen molar-refractivity contribution in [1.29, 1.82) is 0 Å². The van der Waals surface area contributed by atoms with E-state index >= 15 is 0 Å². The molecule has 0 bridgehead atoms. The van der Waals surface area contributed by atoms with Gasteiger partial charge in [-0.25, -0.2) is 0 Å². The van der Waals surface area contributed by atoms with Crippen molar-refractivity contribution >= 4 is 5.91 Å². The maximum absolute atomic E-state index is 10.8. The maximum atomic E-state index is 10.8. The lowest BCUT2D eigenvalue weighted by molar-refractivity contribution is -0.124. The van der Waals surface area contributed by atoms with E-state index in [0.29, 0.717) is 6.42 Å². The lowest BCUT2D eigenvalue weighted by Crippen LogP contribution is -2.53. The lowest BCUT2D eigenvalue weighted by atomic mass is 9.80. The smallest absolute Gasteiger partial charge is 0.222 e. The van der Waals surface area contributed by atoms with Crippen molar-refractivity contribution in [3.05, 3.63) is 0 Å². The summed E-state index contributed by atoms with van der Waals surface area (Å²) in [4.78, 5) is 10.8. The Kier molecular flexibility index (Phi) is 2.66. The molecule has 0 aromatic carbocycles. The minimum absolute atomic E-state index is 0.289. The number of aliphatic hydroxyl groups excluding tert-OH is 1. The molecule has 4 atom stereocenters. The average molecular weight is 173 g/mol. The largest absolute Gasteiger partial charge is 0.391 e. The number of primary amides is 1. The molecule has 1 rings (SSSR count). The van der Waals surface area contributed by atoms with Gasteiger partial charge >= 0.3 is 0 Å². The Balaban J connectivity index is 2.61. The summed E-state index contributed by atoms with van der Waals surface area (Å²) in [5, 5.41) is 9.33. The Labute approximate surface area is 70.9 Å². The minimum atomic E-state index is -0.651. The van der Waals surface area contributed by atoms with Crippen LogP contribution in [-0.4, -0.2) is 29.2 Å². The van der Waals surface area contributed by atoms with Gasteiger partial charge in [-0.3, -0.25) is 4.79 Å². The van der Waals surface area contributed by atoms with Crippen LogP contribution in [0.1, 0.15) is 12.8 Å². The van der Waals surface area contributed by atoms with Gasteiger partial charge in [0.1, 0.15) is 0 Å². The van der Waals surface area contributed by atoms with Crippen LogP contribution >= 0.6 is 0 Å². The van der Waals surface area contributed by atoms with Crippen molar-refractivity contribution in [3.8, 4) is 0 Å². The van der Waals surface area contributed by atoms with Crippen LogP contribution in [-0.2, 0) is 4.79 Å². The standard InChI is InChI=1S/C7H15N3O2/c8-4-2-5(9)6(11)1-3(4)7(10)12/h3-6,11H,1-2,8-9H2,(H2,10,12). The fraction of sp³-hybridized carbons (Fsp3) is 0.857. The molecule has 4 unspecified atom stereocenters. The molecule has 0 spiro atoms. The van der Waals surface area contributed by atoms with E-state index in [1.807, 2.05) is 0 Å². The minimum Gasteiger partial charge on any atom is -0.391 e. The topological polar surface area (TPSA) is 115 Å². The number of nitrogens with two attached hydrogens (primary N) is 3. The molecule has 1 fully saturated rings. The first kappa shape index (κ1) is 9.44. The van der Waals surface area contributed by atoms with E-state index in [2.05, 4.69) is 0 Å². The first-order chi connectivity index (χ1) is 5.52. The van der Waals surface area contributed by atoms with E-state index in [9.17, 15) is 9.90 Å². The van der Waals surface area contributed by atoms with E-state index in [1.165, 1.54) is 0 Å². The van der Waals surface area contributed by atoms with Crippen LogP contribution in [0, 0.1) is 5.92 Å². The molecule has 1 saturated carbocycles. The van der Waals surface area contributed by atoms with E-state index in [0.717, 1.165) is 0 Å². The molecule has 0 heterocycles. The summed E-state index contributed by atoms with van der Waals surface area (Å²) in [7, 11) is 0. The maximum Gasteiger partial charge on any atom is 0.222 e. The second-order valence-corrected chi connectivity index (χ2v) is 3.38. The van der Waals surface area contributed by atoms with Gasteiger partial charge in [0.05, 0.1) is 12.0 Å². The molecule has 1 aliphatic carbocycles. The number of amides is 1. The van der Waals surface area contributed by atoms with E-state index < -0.39 is 17.9 Å². The average Bonchev–Trinajstić information content (AvgIpc) is 1.96. The molecule has 1 aliphatic rings. The third-order valence-corrected chi connectivity index (χ3v) is 2.42. The molecular formula is C7H15N3O2. The third-order valence-electron chi connectivity index (χ3n) is 2.42. The molecule has 0 aromatic rings. The first-order valence-electron chi connectivity index (χ1n) is 4.01. The normalized spacial score (nSPS) is 42.6. The monoisotopic (exact) mass is 173 g/mol. The summed E-state index contributed by atoms with van der Waals surface area (Å²) >= 11 is 0. The summed E-state index contributed by atoms with van der Waals surface area (Å²) in [6, 6.07) is -0.628. The van der Waals surface area contributed by atoms with Gasteiger partial charge in [0, 0.05) is 12.1 Å². The van der Waals surface area contributed by atoms with Crippen LogP contribution in [0.15, 0.2) is 0 Å². The van der Waals surface area contributed by atoms with Gasteiger partial charge in [-0.2, -0.15) is 0 Å². The second-order valence-electron chi connectivity index (χ2n) is 3.38. The van der Waals surface area contributed by atoms with Gasteiger partial charge in [-0.1, -0.05) is 0 Å². The Morgan fingerprint density at radius 2 is 1.83 bits per heavy atom. The van der Waals surface area contributed by atoms with Gasteiger partial charge in [-0.05, 0) is 12.8 Å². The highest BCUT2D eigenvalue weighted by Gasteiger charge is 2.35. The Hall–Kier alpha value is -0.650. The van der Waals surface area contributed by atoms with Crippen molar-refractivity contribution in [2.24, 2.45) is 23.1 Å². The Morgan fingerprint density at radius 1 is 1.25 bits per heavy atom. The SMILES string of the molecule is NC(=O)C1CC(O)C(N)CC1N. The molecule has 7 N–H and O–H groups in total. The van der Waals surface area contributed by atoms with Gasteiger partial charge in [0.25, 0.3) is 0 Å². The van der Waals surface area contributed by atoms with Crippen LogP contribution in [0.2, 0.25) is 0 Å². The number of rotatable bonds is 1. The van der Waals surface area contributed by atoms with E-state index in [1.54, 1.807) is 0 Å². The van der Waals surface area contributed by atoms with E-state index in [-0.39, 0.29) is 18.5 Å². The Bertz CT molecular complexity index is 185. The lowest BCUT2D eigenvalue weighted by Gasteiger charge is -2.33. The number of carbonyl (C=O) groups is 1. The van der Waals surface area contributed by atoms with E-state index in [4.69, 9.17) is 17.2 Å². The van der Waals surface area contributed by atoms with Crippen molar-refractivity contribution in [1.82, 2.24) is 0 Å². The zero-order chi connectivity index (χ0) is 9.30.